The monoisotopic (exact) mass is 324 g/mol. The van der Waals surface area contributed by atoms with Gasteiger partial charge in [0.1, 0.15) is 0 Å². The summed E-state index contributed by atoms with van der Waals surface area (Å²) in [6.07, 6.45) is 1.02. The minimum atomic E-state index is -1.61. The molecule has 1 heterocycles. The molecule has 2 aromatic rings. The largest absolute Gasteiger partial charge is 0.373 e. The van der Waals surface area contributed by atoms with E-state index in [9.17, 15) is 9.90 Å². The zero-order chi connectivity index (χ0) is 16.8. The highest BCUT2D eigenvalue weighted by Crippen LogP contribution is 2.31. The van der Waals surface area contributed by atoms with E-state index in [4.69, 9.17) is 0 Å². The fraction of sp³-hybridized carbons (Fsp3) is 0.350. The standard InChI is InChI=1S/C20H24N2O2/c23-19(16-22-14-7-12-21-13-15-22)20(24,17-8-3-1-4-9-17)18-10-5-2-6-11-18/h1-6,8-11,21,24H,7,12-16H2. The first-order chi connectivity index (χ1) is 11.7. The third-order valence-corrected chi connectivity index (χ3v) is 4.59. The molecule has 1 aliphatic rings. The molecule has 1 fully saturated rings. The minimum Gasteiger partial charge on any atom is -0.373 e. The Morgan fingerprint density at radius 3 is 2.12 bits per heavy atom. The summed E-state index contributed by atoms with van der Waals surface area (Å²) in [7, 11) is 0. The van der Waals surface area contributed by atoms with Gasteiger partial charge in [-0.15, -0.1) is 0 Å². The maximum Gasteiger partial charge on any atom is 0.187 e. The number of nitrogens with one attached hydrogen (secondary N) is 1. The number of benzene rings is 2. The molecule has 0 amide bonds. The molecule has 0 atom stereocenters. The maximum atomic E-state index is 13.1. The lowest BCUT2D eigenvalue weighted by Crippen LogP contribution is -2.44. The van der Waals surface area contributed by atoms with Crippen molar-refractivity contribution in [3.05, 3.63) is 71.8 Å². The Bertz CT molecular complexity index is 610. The lowest BCUT2D eigenvalue weighted by molar-refractivity contribution is -0.135. The Hall–Kier alpha value is -2.01. The number of ketones is 1. The third-order valence-electron chi connectivity index (χ3n) is 4.59. The molecule has 0 aromatic heterocycles. The van der Waals surface area contributed by atoms with E-state index < -0.39 is 5.60 Å². The van der Waals surface area contributed by atoms with Crippen molar-refractivity contribution in [1.82, 2.24) is 10.2 Å². The van der Waals surface area contributed by atoms with Crippen LogP contribution >= 0.6 is 0 Å². The van der Waals surface area contributed by atoms with Crippen molar-refractivity contribution < 1.29 is 9.90 Å². The van der Waals surface area contributed by atoms with E-state index in [0.29, 0.717) is 11.1 Å². The van der Waals surface area contributed by atoms with Gasteiger partial charge in [0.2, 0.25) is 0 Å². The van der Waals surface area contributed by atoms with E-state index in [2.05, 4.69) is 10.2 Å². The van der Waals surface area contributed by atoms with Gasteiger partial charge in [0.15, 0.2) is 11.4 Å². The number of rotatable bonds is 5. The van der Waals surface area contributed by atoms with Crippen molar-refractivity contribution in [2.24, 2.45) is 0 Å². The molecule has 1 saturated heterocycles. The summed E-state index contributed by atoms with van der Waals surface area (Å²) in [5.41, 5.74) is -0.370. The second-order valence-electron chi connectivity index (χ2n) is 6.25. The first-order valence-electron chi connectivity index (χ1n) is 8.51. The van der Waals surface area contributed by atoms with Crippen molar-refractivity contribution in [2.75, 3.05) is 32.7 Å². The van der Waals surface area contributed by atoms with Gasteiger partial charge in [-0.2, -0.15) is 0 Å². The van der Waals surface area contributed by atoms with Crippen LogP contribution < -0.4 is 5.32 Å². The van der Waals surface area contributed by atoms with Gasteiger partial charge in [-0.1, -0.05) is 60.7 Å². The SMILES string of the molecule is O=C(CN1CCCNCC1)C(O)(c1ccccc1)c1ccccc1. The lowest BCUT2D eigenvalue weighted by Gasteiger charge is -2.30. The van der Waals surface area contributed by atoms with Crippen LogP contribution in [0.2, 0.25) is 0 Å². The normalized spacial score (nSPS) is 16.5. The lowest BCUT2D eigenvalue weighted by atomic mass is 9.82. The molecule has 2 N–H and O–H groups in total. The molecule has 2 aromatic carbocycles. The summed E-state index contributed by atoms with van der Waals surface area (Å²) in [5, 5.41) is 14.8. The van der Waals surface area contributed by atoms with Crippen molar-refractivity contribution in [2.45, 2.75) is 12.0 Å². The summed E-state index contributed by atoms with van der Waals surface area (Å²) in [5.74, 6) is -0.179. The molecule has 126 valence electrons. The van der Waals surface area contributed by atoms with Crippen LogP contribution in [0.1, 0.15) is 17.5 Å². The molecule has 0 spiro atoms. The van der Waals surface area contributed by atoms with Gasteiger partial charge in [-0.25, -0.2) is 0 Å². The molecule has 0 unspecified atom stereocenters. The Balaban J connectivity index is 1.91. The molecule has 1 aliphatic heterocycles. The topological polar surface area (TPSA) is 52.6 Å². The van der Waals surface area contributed by atoms with Crippen LogP contribution in [0.25, 0.3) is 0 Å². The van der Waals surface area contributed by atoms with Crippen LogP contribution in [0, 0.1) is 0 Å². The summed E-state index contributed by atoms with van der Waals surface area (Å²) < 4.78 is 0. The van der Waals surface area contributed by atoms with Crippen molar-refractivity contribution >= 4 is 5.78 Å². The molecular weight excluding hydrogens is 300 g/mol. The van der Waals surface area contributed by atoms with E-state index in [1.54, 1.807) is 0 Å². The zero-order valence-electron chi connectivity index (χ0n) is 13.8. The Morgan fingerprint density at radius 1 is 0.958 bits per heavy atom. The predicted molar refractivity (Wildman–Crippen MR) is 94.8 cm³/mol. The minimum absolute atomic E-state index is 0.179. The van der Waals surface area contributed by atoms with Gasteiger partial charge in [0.25, 0.3) is 0 Å². The highest BCUT2D eigenvalue weighted by atomic mass is 16.3. The van der Waals surface area contributed by atoms with Gasteiger partial charge in [0.05, 0.1) is 6.54 Å². The average molecular weight is 324 g/mol. The second kappa shape index (κ2) is 7.71. The van der Waals surface area contributed by atoms with Crippen LogP contribution in [0.3, 0.4) is 0 Å². The van der Waals surface area contributed by atoms with E-state index in [1.807, 2.05) is 60.7 Å². The summed E-state index contributed by atoms with van der Waals surface area (Å²) in [6.45, 7) is 3.81. The van der Waals surface area contributed by atoms with Crippen LogP contribution in [0.4, 0.5) is 0 Å². The number of carbonyl (C=O) groups excluding carboxylic acids is 1. The molecule has 3 rings (SSSR count). The second-order valence-corrected chi connectivity index (χ2v) is 6.25. The maximum absolute atomic E-state index is 13.1. The predicted octanol–water partition coefficient (Wildman–Crippen LogP) is 1.79. The van der Waals surface area contributed by atoms with Crippen LogP contribution in [0.15, 0.2) is 60.7 Å². The molecule has 4 heteroatoms. The number of Topliss-reactive ketones (excluding diaryl/α,β-unsaturated/α-hetero) is 1. The first kappa shape index (κ1) is 16.8. The number of hydrogen-bond donors (Lipinski definition) is 2. The van der Waals surface area contributed by atoms with Crippen LogP contribution in [0.5, 0.6) is 0 Å². The highest BCUT2D eigenvalue weighted by Gasteiger charge is 2.39. The molecule has 0 bridgehead atoms. The fourth-order valence-electron chi connectivity index (χ4n) is 3.22. The van der Waals surface area contributed by atoms with Crippen molar-refractivity contribution in [3.8, 4) is 0 Å². The van der Waals surface area contributed by atoms with Gasteiger partial charge >= 0.3 is 0 Å². The van der Waals surface area contributed by atoms with Crippen molar-refractivity contribution in [3.63, 3.8) is 0 Å². The molecule has 0 radical (unpaired) electrons. The average Bonchev–Trinajstić information content (AvgIpc) is 2.91. The smallest absolute Gasteiger partial charge is 0.187 e. The zero-order valence-corrected chi connectivity index (χ0v) is 13.8. The third kappa shape index (κ3) is 3.56. The van der Waals surface area contributed by atoms with E-state index >= 15 is 0 Å². The van der Waals surface area contributed by atoms with Crippen LogP contribution in [-0.4, -0.2) is 48.5 Å². The molecule has 4 nitrogen and oxygen atoms in total. The molecule has 24 heavy (non-hydrogen) atoms. The van der Waals surface area contributed by atoms with E-state index in [1.165, 1.54) is 0 Å². The van der Waals surface area contributed by atoms with Gasteiger partial charge in [-0.3, -0.25) is 9.69 Å². The quantitative estimate of drug-likeness (QED) is 0.880. The number of aliphatic hydroxyl groups is 1. The Labute approximate surface area is 143 Å². The molecular formula is C20H24N2O2. The molecule has 0 saturated carbocycles. The van der Waals surface area contributed by atoms with Gasteiger partial charge < -0.3 is 10.4 Å². The summed E-state index contributed by atoms with van der Waals surface area (Å²) in [6, 6.07) is 18.4. The number of hydrogen-bond acceptors (Lipinski definition) is 4. The Morgan fingerprint density at radius 2 is 1.54 bits per heavy atom. The number of nitrogens with zero attached hydrogens (tertiary/aromatic N) is 1. The van der Waals surface area contributed by atoms with Gasteiger partial charge in [-0.05, 0) is 30.6 Å². The first-order valence-corrected chi connectivity index (χ1v) is 8.51. The van der Waals surface area contributed by atoms with Crippen LogP contribution in [-0.2, 0) is 10.4 Å². The fourth-order valence-corrected chi connectivity index (χ4v) is 3.22. The summed E-state index contributed by atoms with van der Waals surface area (Å²) >= 11 is 0. The summed E-state index contributed by atoms with van der Waals surface area (Å²) in [4.78, 5) is 15.3. The van der Waals surface area contributed by atoms with E-state index in [0.717, 1.165) is 32.6 Å². The van der Waals surface area contributed by atoms with Gasteiger partial charge in [0, 0.05) is 13.1 Å². The number of carbonyl (C=O) groups is 1. The highest BCUT2D eigenvalue weighted by molar-refractivity contribution is 5.93. The molecule has 0 aliphatic carbocycles. The van der Waals surface area contributed by atoms with Crippen molar-refractivity contribution in [1.29, 1.82) is 0 Å². The Kier molecular flexibility index (Phi) is 5.41. The van der Waals surface area contributed by atoms with E-state index in [-0.39, 0.29) is 12.3 Å².